The van der Waals surface area contributed by atoms with Crippen LogP contribution in [0.25, 0.3) is 0 Å². The molecule has 0 aliphatic heterocycles. The highest BCUT2D eigenvalue weighted by Crippen LogP contribution is 2.48. The minimum absolute atomic E-state index is 0.330. The van der Waals surface area contributed by atoms with Crippen molar-refractivity contribution >= 4 is 0 Å². The second-order valence-electron chi connectivity index (χ2n) is 7.01. The van der Waals surface area contributed by atoms with Gasteiger partial charge in [-0.3, -0.25) is 0 Å². The molecule has 1 atom stereocenters. The summed E-state index contributed by atoms with van der Waals surface area (Å²) in [6.45, 7) is 1.76. The summed E-state index contributed by atoms with van der Waals surface area (Å²) < 4.78 is 10.8. The van der Waals surface area contributed by atoms with Crippen LogP contribution in [-0.4, -0.2) is 27.4 Å². The minimum atomic E-state index is 0.330. The first kappa shape index (κ1) is 16.8. The summed E-state index contributed by atoms with van der Waals surface area (Å²) in [5.41, 5.74) is 0.330. The summed E-state index contributed by atoms with van der Waals surface area (Å²) in [6.07, 6.45) is 19.4. The van der Waals surface area contributed by atoms with Crippen LogP contribution in [0, 0.1) is 17.3 Å². The summed E-state index contributed by atoms with van der Waals surface area (Å²) in [6, 6.07) is 0. The Morgan fingerprint density at radius 1 is 0.905 bits per heavy atom. The van der Waals surface area contributed by atoms with E-state index < -0.39 is 0 Å². The van der Waals surface area contributed by atoms with Crippen molar-refractivity contribution in [3.8, 4) is 0 Å². The Labute approximate surface area is 130 Å². The van der Waals surface area contributed by atoms with E-state index in [2.05, 4.69) is 24.3 Å². The molecular weight excluding hydrogens is 260 g/mol. The summed E-state index contributed by atoms with van der Waals surface area (Å²) in [4.78, 5) is 0. The Morgan fingerprint density at radius 3 is 2.00 bits per heavy atom. The zero-order chi connectivity index (χ0) is 15.0. The molecule has 0 aromatic rings. The Morgan fingerprint density at radius 2 is 1.52 bits per heavy atom. The van der Waals surface area contributed by atoms with Crippen LogP contribution < -0.4 is 0 Å². The lowest BCUT2D eigenvalue weighted by Gasteiger charge is -2.28. The van der Waals surface area contributed by atoms with Crippen LogP contribution in [0.3, 0.4) is 0 Å². The quantitative estimate of drug-likeness (QED) is 0.727. The molecule has 2 nitrogen and oxygen atoms in total. The van der Waals surface area contributed by atoms with Crippen LogP contribution in [0.1, 0.15) is 51.4 Å². The zero-order valence-electron chi connectivity index (χ0n) is 13.9. The molecule has 0 spiro atoms. The van der Waals surface area contributed by atoms with Crippen molar-refractivity contribution in [2.75, 3.05) is 27.4 Å². The molecule has 0 heterocycles. The lowest BCUT2D eigenvalue weighted by molar-refractivity contribution is 0.0103. The van der Waals surface area contributed by atoms with E-state index in [1.54, 1.807) is 0 Å². The Hall–Kier alpha value is -0.600. The van der Waals surface area contributed by atoms with Crippen molar-refractivity contribution in [1.82, 2.24) is 0 Å². The average molecular weight is 292 g/mol. The van der Waals surface area contributed by atoms with Gasteiger partial charge in [0, 0.05) is 19.6 Å². The topological polar surface area (TPSA) is 18.5 Å². The van der Waals surface area contributed by atoms with Crippen LogP contribution in [0.15, 0.2) is 24.3 Å². The van der Waals surface area contributed by atoms with E-state index in [0.29, 0.717) is 5.41 Å². The highest BCUT2D eigenvalue weighted by Gasteiger charge is 2.42. The van der Waals surface area contributed by atoms with E-state index in [0.717, 1.165) is 31.5 Å². The first-order chi connectivity index (χ1) is 10.3. The predicted molar refractivity (Wildman–Crippen MR) is 88.4 cm³/mol. The van der Waals surface area contributed by atoms with Gasteiger partial charge in [0.25, 0.3) is 0 Å². The maximum absolute atomic E-state index is 5.41. The fourth-order valence-corrected chi connectivity index (χ4v) is 4.39. The average Bonchev–Trinajstić information content (AvgIpc) is 3.24. The van der Waals surface area contributed by atoms with E-state index in [1.807, 2.05) is 14.2 Å². The lowest BCUT2D eigenvalue weighted by Crippen LogP contribution is -2.29. The van der Waals surface area contributed by atoms with Crippen LogP contribution in [0.5, 0.6) is 0 Å². The smallest absolute Gasteiger partial charge is 0.0540 e. The Kier molecular flexibility index (Phi) is 6.98. The second kappa shape index (κ2) is 8.75. The molecule has 0 aromatic carbocycles. The van der Waals surface area contributed by atoms with Gasteiger partial charge in [-0.2, -0.15) is 0 Å². The molecule has 21 heavy (non-hydrogen) atoms. The predicted octanol–water partition coefficient (Wildman–Crippen LogP) is 4.76. The fourth-order valence-electron chi connectivity index (χ4n) is 4.39. The summed E-state index contributed by atoms with van der Waals surface area (Å²) >= 11 is 0. The van der Waals surface area contributed by atoms with Crippen molar-refractivity contribution in [1.29, 1.82) is 0 Å². The van der Waals surface area contributed by atoms with Gasteiger partial charge in [-0.05, 0) is 37.5 Å². The van der Waals surface area contributed by atoms with E-state index >= 15 is 0 Å². The zero-order valence-corrected chi connectivity index (χ0v) is 13.9. The van der Waals surface area contributed by atoms with Gasteiger partial charge in [-0.15, -0.1) is 0 Å². The van der Waals surface area contributed by atoms with Gasteiger partial charge in [-0.25, -0.2) is 0 Å². The SMILES string of the molecule is C1=CCC=C1.COCC1(COC)CCC(C2CCCC2)C1. The van der Waals surface area contributed by atoms with Gasteiger partial charge >= 0.3 is 0 Å². The molecular formula is C19H32O2. The number of ether oxygens (including phenoxy) is 2. The van der Waals surface area contributed by atoms with Gasteiger partial charge in [0.15, 0.2) is 0 Å². The summed E-state index contributed by atoms with van der Waals surface area (Å²) in [7, 11) is 3.64. The first-order valence-electron chi connectivity index (χ1n) is 8.59. The molecule has 0 bridgehead atoms. The van der Waals surface area contributed by atoms with Crippen molar-refractivity contribution in [3.63, 3.8) is 0 Å². The molecule has 0 saturated heterocycles. The third-order valence-electron chi connectivity index (χ3n) is 5.36. The van der Waals surface area contributed by atoms with Gasteiger partial charge in [0.1, 0.15) is 0 Å². The maximum Gasteiger partial charge on any atom is 0.0540 e. The minimum Gasteiger partial charge on any atom is -0.384 e. The second-order valence-corrected chi connectivity index (χ2v) is 7.01. The summed E-state index contributed by atoms with van der Waals surface area (Å²) in [5.74, 6) is 1.96. The largest absolute Gasteiger partial charge is 0.384 e. The molecule has 0 radical (unpaired) electrons. The van der Waals surface area contributed by atoms with Crippen molar-refractivity contribution in [3.05, 3.63) is 24.3 Å². The van der Waals surface area contributed by atoms with Crippen LogP contribution in [0.2, 0.25) is 0 Å². The third kappa shape index (κ3) is 4.96. The molecule has 2 saturated carbocycles. The number of methoxy groups -OCH3 is 2. The highest BCUT2D eigenvalue weighted by molar-refractivity contribution is 5.12. The van der Waals surface area contributed by atoms with Crippen molar-refractivity contribution in [2.24, 2.45) is 17.3 Å². The first-order valence-corrected chi connectivity index (χ1v) is 8.59. The third-order valence-corrected chi connectivity index (χ3v) is 5.36. The van der Waals surface area contributed by atoms with E-state index in [4.69, 9.17) is 9.47 Å². The number of rotatable bonds is 5. The highest BCUT2D eigenvalue weighted by atomic mass is 16.5. The van der Waals surface area contributed by atoms with Crippen LogP contribution >= 0.6 is 0 Å². The molecule has 3 aliphatic rings. The number of hydrogen-bond acceptors (Lipinski definition) is 2. The molecule has 3 rings (SSSR count). The Balaban J connectivity index is 0.000000272. The molecule has 1 unspecified atom stereocenters. The lowest BCUT2D eigenvalue weighted by atomic mass is 9.83. The Bertz CT molecular complexity index is 323. The molecule has 0 N–H and O–H groups in total. The maximum atomic E-state index is 5.41. The molecule has 0 aromatic heterocycles. The van der Waals surface area contributed by atoms with Crippen molar-refractivity contribution < 1.29 is 9.47 Å². The number of allylic oxidation sites excluding steroid dienone is 4. The summed E-state index contributed by atoms with van der Waals surface area (Å²) in [5, 5.41) is 0. The molecule has 3 aliphatic carbocycles. The van der Waals surface area contributed by atoms with Crippen LogP contribution in [-0.2, 0) is 9.47 Å². The molecule has 120 valence electrons. The van der Waals surface area contributed by atoms with Gasteiger partial charge < -0.3 is 9.47 Å². The van der Waals surface area contributed by atoms with E-state index in [-0.39, 0.29) is 0 Å². The van der Waals surface area contributed by atoms with E-state index in [1.165, 1.54) is 44.9 Å². The van der Waals surface area contributed by atoms with Gasteiger partial charge in [-0.1, -0.05) is 50.0 Å². The van der Waals surface area contributed by atoms with Gasteiger partial charge in [0.2, 0.25) is 0 Å². The number of hydrogen-bond donors (Lipinski definition) is 0. The normalized spacial score (nSPS) is 27.0. The van der Waals surface area contributed by atoms with Crippen LogP contribution in [0.4, 0.5) is 0 Å². The monoisotopic (exact) mass is 292 g/mol. The molecule has 2 fully saturated rings. The fraction of sp³-hybridized carbons (Fsp3) is 0.789. The van der Waals surface area contributed by atoms with Gasteiger partial charge in [0.05, 0.1) is 13.2 Å². The molecule has 2 heteroatoms. The molecule has 0 amide bonds. The standard InChI is InChI=1S/C14H26O2.C5H6/c1-15-10-14(11-16-2)8-7-13(9-14)12-5-3-4-6-12;1-2-4-5-3-1/h12-13H,3-11H2,1-2H3;1-4H,5H2. The van der Waals surface area contributed by atoms with Crippen molar-refractivity contribution in [2.45, 2.75) is 51.4 Å². The van der Waals surface area contributed by atoms with E-state index in [9.17, 15) is 0 Å².